The van der Waals surface area contributed by atoms with Crippen LogP contribution in [0.15, 0.2) is 23.9 Å². The largest absolute Gasteiger partial charge is 0.383 e. The predicted octanol–water partition coefficient (Wildman–Crippen LogP) is 3.88. The van der Waals surface area contributed by atoms with E-state index in [1.54, 1.807) is 0 Å². The summed E-state index contributed by atoms with van der Waals surface area (Å²) < 4.78 is 0. The van der Waals surface area contributed by atoms with E-state index in [1.807, 2.05) is 0 Å². The molecule has 0 rings (SSSR count). The average Bonchev–Trinajstić information content (AvgIpc) is 2.14. The van der Waals surface area contributed by atoms with Crippen molar-refractivity contribution < 1.29 is 0 Å². The highest BCUT2D eigenvalue weighted by Crippen LogP contribution is 2.02. The Kier molecular flexibility index (Phi) is 7.27. The summed E-state index contributed by atoms with van der Waals surface area (Å²) in [7, 11) is 0. The molecule has 82 valence electrons. The average molecular weight is 195 g/mol. The van der Waals surface area contributed by atoms with E-state index in [1.165, 1.54) is 5.70 Å². The molecule has 0 aliphatic carbocycles. The van der Waals surface area contributed by atoms with Gasteiger partial charge in [0.1, 0.15) is 0 Å². The zero-order valence-electron chi connectivity index (χ0n) is 10.3. The highest BCUT2D eigenvalue weighted by Gasteiger charge is 1.98. The molecule has 0 heterocycles. The Labute approximate surface area is 89.3 Å². The summed E-state index contributed by atoms with van der Waals surface area (Å²) in [4.78, 5) is 0. The van der Waals surface area contributed by atoms with Gasteiger partial charge < -0.3 is 5.32 Å². The summed E-state index contributed by atoms with van der Waals surface area (Å²) >= 11 is 0. The third-order valence-corrected chi connectivity index (χ3v) is 2.11. The lowest BCUT2D eigenvalue weighted by Crippen LogP contribution is -2.23. The van der Waals surface area contributed by atoms with Gasteiger partial charge in [-0.15, -0.1) is 0 Å². The third-order valence-electron chi connectivity index (χ3n) is 2.11. The Morgan fingerprint density at radius 2 is 1.86 bits per heavy atom. The first-order valence-electron chi connectivity index (χ1n) is 5.75. The van der Waals surface area contributed by atoms with Crippen molar-refractivity contribution in [1.29, 1.82) is 0 Å². The summed E-state index contributed by atoms with van der Waals surface area (Å²) in [6, 6.07) is 0.560. The fourth-order valence-corrected chi connectivity index (χ4v) is 1.08. The minimum absolute atomic E-state index is 0.560. The van der Waals surface area contributed by atoms with Crippen LogP contribution in [-0.2, 0) is 0 Å². The molecule has 0 aromatic carbocycles. The first-order chi connectivity index (χ1) is 6.60. The molecule has 0 amide bonds. The molecule has 0 fully saturated rings. The zero-order chi connectivity index (χ0) is 11.0. The van der Waals surface area contributed by atoms with Crippen LogP contribution in [0.25, 0.3) is 0 Å². The van der Waals surface area contributed by atoms with Crippen molar-refractivity contribution in [3.63, 3.8) is 0 Å². The molecule has 1 atom stereocenters. The van der Waals surface area contributed by atoms with Crippen molar-refractivity contribution in [3.05, 3.63) is 23.9 Å². The minimum atomic E-state index is 0.560. The molecule has 0 radical (unpaired) electrons. The smallest absolute Gasteiger partial charge is 0.0298 e. The maximum atomic E-state index is 3.50. The van der Waals surface area contributed by atoms with Crippen molar-refractivity contribution in [1.82, 2.24) is 5.32 Å². The van der Waals surface area contributed by atoms with Gasteiger partial charge in [-0.2, -0.15) is 0 Å². The molecule has 0 aromatic rings. The molecule has 0 saturated heterocycles. The van der Waals surface area contributed by atoms with Crippen LogP contribution < -0.4 is 5.32 Å². The molecule has 0 spiro atoms. The molecular formula is C13H25N. The molecule has 14 heavy (non-hydrogen) atoms. The first-order valence-corrected chi connectivity index (χ1v) is 5.75. The Morgan fingerprint density at radius 3 is 2.29 bits per heavy atom. The van der Waals surface area contributed by atoms with Gasteiger partial charge in [0.2, 0.25) is 0 Å². The maximum absolute atomic E-state index is 3.50. The van der Waals surface area contributed by atoms with E-state index in [4.69, 9.17) is 0 Å². The van der Waals surface area contributed by atoms with E-state index in [0.717, 1.165) is 12.8 Å². The maximum Gasteiger partial charge on any atom is 0.0298 e. The van der Waals surface area contributed by atoms with Crippen molar-refractivity contribution in [3.8, 4) is 0 Å². The molecule has 0 aromatic heterocycles. The minimum Gasteiger partial charge on any atom is -0.383 e. The van der Waals surface area contributed by atoms with Gasteiger partial charge in [0, 0.05) is 11.7 Å². The fourth-order valence-electron chi connectivity index (χ4n) is 1.08. The van der Waals surface area contributed by atoms with Crippen LogP contribution in [0.1, 0.15) is 47.5 Å². The summed E-state index contributed by atoms with van der Waals surface area (Å²) in [5, 5.41) is 3.50. The van der Waals surface area contributed by atoms with Gasteiger partial charge in [0.05, 0.1) is 0 Å². The van der Waals surface area contributed by atoms with Crippen LogP contribution in [0.3, 0.4) is 0 Å². The van der Waals surface area contributed by atoms with Gasteiger partial charge in [-0.25, -0.2) is 0 Å². The molecule has 0 aliphatic rings. The van der Waals surface area contributed by atoms with Crippen LogP contribution in [0, 0.1) is 5.92 Å². The number of nitrogens with one attached hydrogen (secondary N) is 1. The third kappa shape index (κ3) is 6.76. The molecular weight excluding hydrogens is 170 g/mol. The van der Waals surface area contributed by atoms with Crippen LogP contribution in [0.4, 0.5) is 0 Å². The summed E-state index contributed by atoms with van der Waals surface area (Å²) in [6.45, 7) is 11.0. The first kappa shape index (κ1) is 13.3. The Hall–Kier alpha value is -0.720. The molecule has 0 aliphatic heterocycles. The molecule has 0 saturated carbocycles. The fraction of sp³-hybridized carbons (Fsp3) is 0.692. The number of rotatable bonds is 6. The zero-order valence-corrected chi connectivity index (χ0v) is 10.3. The number of allylic oxidation sites excluding steroid dienone is 3. The van der Waals surface area contributed by atoms with E-state index in [9.17, 15) is 0 Å². The molecule has 0 unspecified atom stereocenters. The number of hydrogen-bond donors (Lipinski definition) is 1. The Balaban J connectivity index is 4.23. The molecule has 1 N–H and O–H groups in total. The predicted molar refractivity (Wildman–Crippen MR) is 65.2 cm³/mol. The van der Waals surface area contributed by atoms with Crippen LogP contribution >= 0.6 is 0 Å². The molecule has 1 heteroatoms. The lowest BCUT2D eigenvalue weighted by molar-refractivity contribution is 0.601. The highest BCUT2D eigenvalue weighted by atomic mass is 14.9. The second kappa shape index (κ2) is 7.66. The van der Waals surface area contributed by atoms with Gasteiger partial charge in [-0.1, -0.05) is 39.8 Å². The van der Waals surface area contributed by atoms with Crippen molar-refractivity contribution in [2.24, 2.45) is 5.92 Å². The van der Waals surface area contributed by atoms with E-state index in [-0.39, 0.29) is 0 Å². The van der Waals surface area contributed by atoms with Gasteiger partial charge in [0.25, 0.3) is 0 Å². The van der Waals surface area contributed by atoms with Crippen molar-refractivity contribution in [2.45, 2.75) is 53.5 Å². The molecule has 1 nitrogen and oxygen atoms in total. The standard InChI is InChI=1S/C13H25N/c1-6-8-13(10-9-11(3)4)14-12(5)7-2/h8-12,14H,6-7H2,1-5H3/b10-9-,13-8+/t12-/m1/s1. The van der Waals surface area contributed by atoms with Crippen LogP contribution in [0.5, 0.6) is 0 Å². The van der Waals surface area contributed by atoms with E-state index in [2.05, 4.69) is 58.2 Å². The SMILES string of the molecule is CC/C=C(\C=C/C(C)C)N[C@H](C)CC. The topological polar surface area (TPSA) is 12.0 Å². The lowest BCUT2D eigenvalue weighted by atomic mass is 10.1. The normalized spacial score (nSPS) is 15.1. The monoisotopic (exact) mass is 195 g/mol. The van der Waals surface area contributed by atoms with Crippen molar-refractivity contribution in [2.75, 3.05) is 0 Å². The number of hydrogen-bond acceptors (Lipinski definition) is 1. The van der Waals surface area contributed by atoms with Gasteiger partial charge in [-0.05, 0) is 31.8 Å². The molecule has 0 bridgehead atoms. The van der Waals surface area contributed by atoms with E-state index >= 15 is 0 Å². The van der Waals surface area contributed by atoms with Gasteiger partial charge >= 0.3 is 0 Å². The second-order valence-electron chi connectivity index (χ2n) is 4.12. The Bertz CT molecular complexity index is 189. The van der Waals surface area contributed by atoms with Gasteiger partial charge in [0.15, 0.2) is 0 Å². The highest BCUT2D eigenvalue weighted by molar-refractivity contribution is 5.17. The lowest BCUT2D eigenvalue weighted by Gasteiger charge is -2.14. The van der Waals surface area contributed by atoms with Crippen LogP contribution in [0.2, 0.25) is 0 Å². The van der Waals surface area contributed by atoms with Crippen molar-refractivity contribution >= 4 is 0 Å². The Morgan fingerprint density at radius 1 is 1.21 bits per heavy atom. The van der Waals surface area contributed by atoms with E-state index < -0.39 is 0 Å². The summed E-state index contributed by atoms with van der Waals surface area (Å²) in [5.41, 5.74) is 1.26. The summed E-state index contributed by atoms with van der Waals surface area (Å²) in [6.07, 6.45) is 8.92. The van der Waals surface area contributed by atoms with E-state index in [0.29, 0.717) is 12.0 Å². The second-order valence-corrected chi connectivity index (χ2v) is 4.12. The van der Waals surface area contributed by atoms with Gasteiger partial charge in [-0.3, -0.25) is 0 Å². The quantitative estimate of drug-likeness (QED) is 0.634. The van der Waals surface area contributed by atoms with Crippen LogP contribution in [-0.4, -0.2) is 6.04 Å². The summed E-state index contributed by atoms with van der Waals surface area (Å²) in [5.74, 6) is 0.619.